The predicted molar refractivity (Wildman–Crippen MR) is 75.3 cm³/mol. The standard InChI is InChI=1S/C15H19N3O/c1-3-7-16-9-13-10-17-8-6-15(13)19-14-5-4-12(2)18-11-14/h4-6,8,10-11,16H,3,7,9H2,1-2H3. The van der Waals surface area contributed by atoms with Gasteiger partial charge in [0.2, 0.25) is 0 Å². The Kier molecular flexibility index (Phi) is 4.86. The number of hydrogen-bond donors (Lipinski definition) is 1. The molecule has 0 spiro atoms. The molecule has 0 aliphatic heterocycles. The molecule has 0 saturated carbocycles. The largest absolute Gasteiger partial charge is 0.455 e. The Morgan fingerprint density at radius 1 is 1.21 bits per heavy atom. The zero-order chi connectivity index (χ0) is 13.5. The Bertz CT molecular complexity index is 511. The summed E-state index contributed by atoms with van der Waals surface area (Å²) in [6.07, 6.45) is 6.41. The van der Waals surface area contributed by atoms with Crippen molar-refractivity contribution < 1.29 is 4.74 Å². The van der Waals surface area contributed by atoms with E-state index in [9.17, 15) is 0 Å². The summed E-state index contributed by atoms with van der Waals surface area (Å²) in [5.74, 6) is 1.57. The number of aryl methyl sites for hydroxylation is 1. The van der Waals surface area contributed by atoms with Crippen molar-refractivity contribution >= 4 is 0 Å². The maximum Gasteiger partial charge on any atom is 0.145 e. The summed E-state index contributed by atoms with van der Waals surface area (Å²) >= 11 is 0. The van der Waals surface area contributed by atoms with Gasteiger partial charge in [0.25, 0.3) is 0 Å². The smallest absolute Gasteiger partial charge is 0.145 e. The van der Waals surface area contributed by atoms with E-state index < -0.39 is 0 Å². The zero-order valence-corrected chi connectivity index (χ0v) is 11.4. The lowest BCUT2D eigenvalue weighted by Gasteiger charge is -2.11. The molecule has 0 amide bonds. The summed E-state index contributed by atoms with van der Waals surface area (Å²) in [6.45, 7) is 5.85. The van der Waals surface area contributed by atoms with Gasteiger partial charge < -0.3 is 10.1 Å². The topological polar surface area (TPSA) is 47.0 Å². The number of nitrogens with one attached hydrogen (secondary N) is 1. The lowest BCUT2D eigenvalue weighted by molar-refractivity contribution is 0.469. The zero-order valence-electron chi connectivity index (χ0n) is 11.4. The normalized spacial score (nSPS) is 10.4. The first-order valence-electron chi connectivity index (χ1n) is 6.53. The van der Waals surface area contributed by atoms with Crippen LogP contribution in [-0.4, -0.2) is 16.5 Å². The van der Waals surface area contributed by atoms with Crippen molar-refractivity contribution in [3.63, 3.8) is 0 Å². The second-order valence-electron chi connectivity index (χ2n) is 4.40. The highest BCUT2D eigenvalue weighted by Gasteiger charge is 2.04. The van der Waals surface area contributed by atoms with Crippen LogP contribution in [0.4, 0.5) is 0 Å². The monoisotopic (exact) mass is 257 g/mol. The first-order chi connectivity index (χ1) is 9.29. The molecule has 0 radical (unpaired) electrons. The van der Waals surface area contributed by atoms with Gasteiger partial charge in [-0.1, -0.05) is 6.92 Å². The maximum absolute atomic E-state index is 5.85. The van der Waals surface area contributed by atoms with Crippen LogP contribution in [-0.2, 0) is 6.54 Å². The molecule has 0 bridgehead atoms. The molecule has 2 aromatic rings. The van der Waals surface area contributed by atoms with Gasteiger partial charge in [0.1, 0.15) is 11.5 Å². The van der Waals surface area contributed by atoms with E-state index in [-0.39, 0.29) is 0 Å². The molecule has 4 nitrogen and oxygen atoms in total. The molecule has 0 aliphatic rings. The molecule has 1 N–H and O–H groups in total. The Morgan fingerprint density at radius 3 is 2.84 bits per heavy atom. The Hall–Kier alpha value is -1.94. The third-order valence-electron chi connectivity index (χ3n) is 2.71. The summed E-state index contributed by atoms with van der Waals surface area (Å²) in [5, 5.41) is 3.35. The van der Waals surface area contributed by atoms with E-state index in [0.29, 0.717) is 0 Å². The Balaban J connectivity index is 2.08. The number of aromatic nitrogens is 2. The maximum atomic E-state index is 5.85. The van der Waals surface area contributed by atoms with Crippen molar-refractivity contribution in [3.05, 3.63) is 48.0 Å². The van der Waals surface area contributed by atoms with E-state index in [1.807, 2.05) is 31.3 Å². The molecule has 100 valence electrons. The molecule has 19 heavy (non-hydrogen) atoms. The number of nitrogens with zero attached hydrogens (tertiary/aromatic N) is 2. The van der Waals surface area contributed by atoms with Crippen molar-refractivity contribution in [1.82, 2.24) is 15.3 Å². The van der Waals surface area contributed by atoms with Crippen molar-refractivity contribution in [2.45, 2.75) is 26.8 Å². The highest BCUT2D eigenvalue weighted by atomic mass is 16.5. The van der Waals surface area contributed by atoms with E-state index in [2.05, 4.69) is 22.2 Å². The van der Waals surface area contributed by atoms with Crippen LogP contribution in [0.1, 0.15) is 24.6 Å². The Morgan fingerprint density at radius 2 is 2.11 bits per heavy atom. The highest BCUT2D eigenvalue weighted by molar-refractivity contribution is 5.35. The number of rotatable bonds is 6. The molecule has 2 aromatic heterocycles. The van der Waals surface area contributed by atoms with E-state index in [4.69, 9.17) is 4.74 Å². The fourth-order valence-electron chi connectivity index (χ4n) is 1.69. The molecule has 0 aliphatic carbocycles. The quantitative estimate of drug-likeness (QED) is 0.808. The SMILES string of the molecule is CCCNCc1cnccc1Oc1ccc(C)nc1. The first kappa shape index (κ1) is 13.5. The molecule has 4 heteroatoms. The predicted octanol–water partition coefficient (Wildman–Crippen LogP) is 3.08. The molecule has 0 unspecified atom stereocenters. The third-order valence-corrected chi connectivity index (χ3v) is 2.71. The van der Waals surface area contributed by atoms with E-state index in [1.165, 1.54) is 0 Å². The van der Waals surface area contributed by atoms with Crippen LogP contribution in [0.3, 0.4) is 0 Å². The fraction of sp³-hybridized carbons (Fsp3) is 0.333. The minimum Gasteiger partial charge on any atom is -0.455 e. The van der Waals surface area contributed by atoms with E-state index in [0.717, 1.165) is 42.3 Å². The van der Waals surface area contributed by atoms with Gasteiger partial charge >= 0.3 is 0 Å². The lowest BCUT2D eigenvalue weighted by Crippen LogP contribution is -2.14. The average molecular weight is 257 g/mol. The minimum atomic E-state index is 0.744. The highest BCUT2D eigenvalue weighted by Crippen LogP contribution is 2.23. The second kappa shape index (κ2) is 6.85. The molecule has 0 atom stereocenters. The van der Waals surface area contributed by atoms with Gasteiger partial charge in [-0.2, -0.15) is 0 Å². The molecule has 2 rings (SSSR count). The van der Waals surface area contributed by atoms with Crippen LogP contribution < -0.4 is 10.1 Å². The summed E-state index contributed by atoms with van der Waals surface area (Å²) in [7, 11) is 0. The van der Waals surface area contributed by atoms with Crippen molar-refractivity contribution in [1.29, 1.82) is 0 Å². The lowest BCUT2D eigenvalue weighted by atomic mass is 10.2. The first-order valence-corrected chi connectivity index (χ1v) is 6.53. The van der Waals surface area contributed by atoms with Crippen molar-refractivity contribution in [2.75, 3.05) is 6.54 Å². The van der Waals surface area contributed by atoms with Gasteiger partial charge in [-0.3, -0.25) is 9.97 Å². The fourth-order valence-corrected chi connectivity index (χ4v) is 1.69. The van der Waals surface area contributed by atoms with Crippen LogP contribution in [0, 0.1) is 6.92 Å². The average Bonchev–Trinajstić information content (AvgIpc) is 2.43. The van der Waals surface area contributed by atoms with Crippen LogP contribution in [0.5, 0.6) is 11.5 Å². The van der Waals surface area contributed by atoms with Gasteiger partial charge in [0, 0.05) is 30.2 Å². The summed E-state index contributed by atoms with van der Waals surface area (Å²) in [6, 6.07) is 5.74. The molecular weight excluding hydrogens is 238 g/mol. The number of pyridine rings is 2. The number of hydrogen-bond acceptors (Lipinski definition) is 4. The summed E-state index contributed by atoms with van der Waals surface area (Å²) < 4.78 is 5.85. The molecule has 0 aromatic carbocycles. The Labute approximate surface area is 113 Å². The third kappa shape index (κ3) is 4.03. The van der Waals surface area contributed by atoms with E-state index in [1.54, 1.807) is 12.4 Å². The van der Waals surface area contributed by atoms with Crippen molar-refractivity contribution in [3.8, 4) is 11.5 Å². The van der Waals surface area contributed by atoms with Crippen LogP contribution >= 0.6 is 0 Å². The summed E-state index contributed by atoms with van der Waals surface area (Å²) in [4.78, 5) is 8.37. The minimum absolute atomic E-state index is 0.744. The van der Waals surface area contributed by atoms with Gasteiger partial charge in [0.15, 0.2) is 0 Å². The molecule has 0 saturated heterocycles. The molecular formula is C15H19N3O. The van der Waals surface area contributed by atoms with Gasteiger partial charge in [0.05, 0.1) is 6.20 Å². The summed E-state index contributed by atoms with van der Waals surface area (Å²) in [5.41, 5.74) is 2.03. The van der Waals surface area contributed by atoms with Crippen LogP contribution in [0.25, 0.3) is 0 Å². The molecule has 2 heterocycles. The molecule has 0 fully saturated rings. The number of ether oxygens (including phenoxy) is 1. The van der Waals surface area contributed by atoms with E-state index >= 15 is 0 Å². The van der Waals surface area contributed by atoms with Gasteiger partial charge in [-0.05, 0) is 38.1 Å². The van der Waals surface area contributed by atoms with Crippen molar-refractivity contribution in [2.24, 2.45) is 0 Å². The van der Waals surface area contributed by atoms with Crippen LogP contribution in [0.2, 0.25) is 0 Å². The second-order valence-corrected chi connectivity index (χ2v) is 4.40. The van der Waals surface area contributed by atoms with Crippen LogP contribution in [0.15, 0.2) is 36.8 Å². The van der Waals surface area contributed by atoms with Gasteiger partial charge in [-0.25, -0.2) is 0 Å². The van der Waals surface area contributed by atoms with Gasteiger partial charge in [-0.15, -0.1) is 0 Å².